The van der Waals surface area contributed by atoms with Gasteiger partial charge >= 0.3 is 0 Å². The van der Waals surface area contributed by atoms with Gasteiger partial charge in [0.2, 0.25) is 0 Å². The number of aryl methyl sites for hydroxylation is 1. The molecule has 3 saturated heterocycles. The first-order chi connectivity index (χ1) is 10.7. The molecule has 1 unspecified atom stereocenters. The number of nitrogens with one attached hydrogen (secondary N) is 1. The maximum absolute atomic E-state index is 4.41. The van der Waals surface area contributed by atoms with Gasteiger partial charge in [0.05, 0.1) is 6.20 Å². The van der Waals surface area contributed by atoms with Crippen LogP contribution >= 0.6 is 0 Å². The lowest BCUT2D eigenvalue weighted by molar-refractivity contribution is 0.0152. The van der Waals surface area contributed by atoms with Gasteiger partial charge in [0.15, 0.2) is 5.96 Å². The topological polar surface area (TPSA) is 51.9 Å². The van der Waals surface area contributed by atoms with Gasteiger partial charge in [0.1, 0.15) is 0 Å². The number of aromatic nitrogens is 2. The first-order valence-corrected chi connectivity index (χ1v) is 8.01. The summed E-state index contributed by atoms with van der Waals surface area (Å²) in [5.41, 5.74) is 1.19. The Balaban J connectivity index is 1.51. The molecule has 3 fully saturated rings. The normalized spacial score (nSPS) is 28.0. The number of aliphatic imine (C=N–C) groups is 1. The minimum Gasteiger partial charge on any atom is -0.355 e. The molecule has 3 aliphatic heterocycles. The number of fused-ring (bicyclic) bond motifs is 3. The first kappa shape index (κ1) is 15.3. The van der Waals surface area contributed by atoms with E-state index in [4.69, 9.17) is 0 Å². The van der Waals surface area contributed by atoms with Gasteiger partial charge in [0.25, 0.3) is 0 Å². The lowest BCUT2D eigenvalue weighted by atomic mass is 10.1. The van der Waals surface area contributed by atoms with Crippen molar-refractivity contribution in [1.29, 1.82) is 0 Å². The molecule has 3 aliphatic rings. The summed E-state index contributed by atoms with van der Waals surface area (Å²) in [4.78, 5) is 11.7. The fourth-order valence-corrected chi connectivity index (χ4v) is 3.41. The van der Waals surface area contributed by atoms with E-state index in [1.807, 2.05) is 31.2 Å². The second-order valence-corrected chi connectivity index (χ2v) is 6.30. The van der Waals surface area contributed by atoms with Crippen molar-refractivity contribution >= 4 is 5.96 Å². The minimum atomic E-state index is 0.603. The summed E-state index contributed by atoms with van der Waals surface area (Å²) < 4.78 is 1.83. The van der Waals surface area contributed by atoms with Crippen molar-refractivity contribution in [2.24, 2.45) is 12.0 Å². The van der Waals surface area contributed by atoms with Crippen molar-refractivity contribution in [2.45, 2.75) is 12.6 Å². The number of rotatable bonds is 4. The molecule has 0 saturated carbocycles. The summed E-state index contributed by atoms with van der Waals surface area (Å²) in [7, 11) is 5.86. The maximum atomic E-state index is 4.41. The third-order valence-electron chi connectivity index (χ3n) is 4.64. The number of piperazine rings is 3. The summed E-state index contributed by atoms with van der Waals surface area (Å²) in [5, 5.41) is 7.75. The van der Waals surface area contributed by atoms with Gasteiger partial charge in [-0.1, -0.05) is 0 Å². The Morgan fingerprint density at radius 1 is 1.41 bits per heavy atom. The zero-order valence-electron chi connectivity index (χ0n) is 13.9. The van der Waals surface area contributed by atoms with Crippen LogP contribution in [0.1, 0.15) is 5.56 Å². The molecule has 4 rings (SSSR count). The molecule has 1 aromatic heterocycles. The smallest absolute Gasteiger partial charge is 0.193 e. The Kier molecular flexibility index (Phi) is 4.63. The van der Waals surface area contributed by atoms with Gasteiger partial charge in [-0.2, -0.15) is 5.10 Å². The average Bonchev–Trinajstić information content (AvgIpc) is 2.94. The third kappa shape index (κ3) is 3.41. The number of hydrogen-bond donors (Lipinski definition) is 1. The second-order valence-electron chi connectivity index (χ2n) is 6.30. The van der Waals surface area contributed by atoms with Crippen molar-refractivity contribution in [3.05, 3.63) is 18.0 Å². The molecular weight excluding hydrogens is 278 g/mol. The fourth-order valence-electron chi connectivity index (χ4n) is 3.41. The molecule has 7 heteroatoms. The molecule has 22 heavy (non-hydrogen) atoms. The summed E-state index contributed by atoms with van der Waals surface area (Å²) in [5.74, 6) is 0.946. The lowest BCUT2D eigenvalue weighted by Crippen LogP contribution is -2.63. The van der Waals surface area contributed by atoms with Crippen LogP contribution in [-0.4, -0.2) is 89.8 Å². The van der Waals surface area contributed by atoms with Gasteiger partial charge in [-0.25, -0.2) is 0 Å². The number of nitrogens with zero attached hydrogens (tertiary/aromatic N) is 6. The molecule has 0 radical (unpaired) electrons. The van der Waals surface area contributed by atoms with Gasteiger partial charge in [-0.05, 0) is 0 Å². The van der Waals surface area contributed by atoms with Crippen molar-refractivity contribution in [1.82, 2.24) is 29.8 Å². The first-order valence-electron chi connectivity index (χ1n) is 8.01. The Bertz CT molecular complexity index is 516. The van der Waals surface area contributed by atoms with Crippen LogP contribution in [0.25, 0.3) is 0 Å². The summed E-state index contributed by atoms with van der Waals surface area (Å²) >= 11 is 0. The monoisotopic (exact) mass is 305 g/mol. The third-order valence-corrected chi connectivity index (χ3v) is 4.64. The second kappa shape index (κ2) is 6.66. The van der Waals surface area contributed by atoms with Crippen molar-refractivity contribution in [2.75, 3.05) is 53.4 Å². The summed E-state index contributed by atoms with van der Waals surface area (Å²) in [6.07, 6.45) is 3.95. The highest BCUT2D eigenvalue weighted by Gasteiger charge is 2.31. The number of hydrogen-bond acceptors (Lipinski definition) is 4. The largest absolute Gasteiger partial charge is 0.355 e. The van der Waals surface area contributed by atoms with Crippen LogP contribution in [0.4, 0.5) is 0 Å². The van der Waals surface area contributed by atoms with Crippen LogP contribution in [0.3, 0.4) is 0 Å². The highest BCUT2D eigenvalue weighted by Crippen LogP contribution is 2.14. The Labute approximate surface area is 132 Å². The highest BCUT2D eigenvalue weighted by atomic mass is 15.4. The SMILES string of the molecule is CN=C(NCC1CN2CCN1CC2)N(C)Cc1cnn(C)c1. The quantitative estimate of drug-likeness (QED) is 0.596. The fraction of sp³-hybridized carbons (Fsp3) is 0.733. The van der Waals surface area contributed by atoms with E-state index in [1.165, 1.54) is 38.3 Å². The average molecular weight is 305 g/mol. The van der Waals surface area contributed by atoms with Crippen molar-refractivity contribution < 1.29 is 0 Å². The van der Waals surface area contributed by atoms with Crippen LogP contribution in [-0.2, 0) is 13.6 Å². The highest BCUT2D eigenvalue weighted by molar-refractivity contribution is 5.79. The number of guanidine groups is 1. The standard InChI is InChI=1S/C15H27N7/c1-16-15(19(2)10-13-8-18-20(3)11-13)17-9-14-12-21-4-6-22(14)7-5-21/h8,11,14H,4-7,9-10,12H2,1-3H3,(H,16,17). The van der Waals surface area contributed by atoms with Crippen LogP contribution in [0, 0.1) is 0 Å². The molecular formula is C15H27N7. The van der Waals surface area contributed by atoms with Gasteiger partial charge < -0.3 is 10.2 Å². The van der Waals surface area contributed by atoms with Crippen molar-refractivity contribution in [3.8, 4) is 0 Å². The molecule has 2 bridgehead atoms. The molecule has 1 atom stereocenters. The minimum absolute atomic E-state index is 0.603. The van der Waals surface area contributed by atoms with E-state index in [2.05, 4.69) is 37.2 Å². The Morgan fingerprint density at radius 2 is 2.18 bits per heavy atom. The summed E-state index contributed by atoms with van der Waals surface area (Å²) in [6, 6.07) is 0.603. The van der Waals surface area contributed by atoms with Crippen molar-refractivity contribution in [3.63, 3.8) is 0 Å². The molecule has 122 valence electrons. The maximum Gasteiger partial charge on any atom is 0.193 e. The van der Waals surface area contributed by atoms with E-state index in [0.717, 1.165) is 19.0 Å². The molecule has 7 nitrogen and oxygen atoms in total. The zero-order chi connectivity index (χ0) is 15.5. The van der Waals surface area contributed by atoms with Gasteiger partial charge in [-0.15, -0.1) is 0 Å². The van der Waals surface area contributed by atoms with E-state index in [9.17, 15) is 0 Å². The van der Waals surface area contributed by atoms with Gasteiger partial charge in [-0.3, -0.25) is 19.5 Å². The van der Waals surface area contributed by atoms with Crippen LogP contribution < -0.4 is 5.32 Å². The molecule has 0 aromatic carbocycles. The van der Waals surface area contributed by atoms with E-state index < -0.39 is 0 Å². The van der Waals surface area contributed by atoms with E-state index >= 15 is 0 Å². The zero-order valence-corrected chi connectivity index (χ0v) is 13.9. The molecule has 0 spiro atoms. The van der Waals surface area contributed by atoms with E-state index in [1.54, 1.807) is 0 Å². The Hall–Kier alpha value is -1.60. The molecule has 1 aromatic rings. The van der Waals surface area contributed by atoms with E-state index in [-0.39, 0.29) is 0 Å². The lowest BCUT2D eigenvalue weighted by Gasteiger charge is -2.47. The summed E-state index contributed by atoms with van der Waals surface area (Å²) in [6.45, 7) is 7.82. The molecule has 1 N–H and O–H groups in total. The van der Waals surface area contributed by atoms with Crippen LogP contribution in [0.2, 0.25) is 0 Å². The molecule has 0 aliphatic carbocycles. The van der Waals surface area contributed by atoms with Gasteiger partial charge in [0, 0.05) is 84.8 Å². The Morgan fingerprint density at radius 3 is 2.73 bits per heavy atom. The van der Waals surface area contributed by atoms with Crippen LogP contribution in [0.15, 0.2) is 17.4 Å². The predicted molar refractivity (Wildman–Crippen MR) is 87.8 cm³/mol. The molecule has 0 amide bonds. The molecule has 4 heterocycles. The van der Waals surface area contributed by atoms with E-state index in [0.29, 0.717) is 6.04 Å². The van der Waals surface area contributed by atoms with Crippen LogP contribution in [0.5, 0.6) is 0 Å². The predicted octanol–water partition coefficient (Wildman–Crippen LogP) is -0.573.